The molecule has 5 heteroatoms. The zero-order valence-corrected chi connectivity index (χ0v) is 15.1. The van der Waals surface area contributed by atoms with Crippen molar-refractivity contribution >= 4 is 11.9 Å². The summed E-state index contributed by atoms with van der Waals surface area (Å²) >= 11 is 0. The molecule has 1 N–H and O–H groups in total. The minimum atomic E-state index is -0.164. The van der Waals surface area contributed by atoms with Crippen molar-refractivity contribution in [3.63, 3.8) is 0 Å². The fourth-order valence-electron chi connectivity index (χ4n) is 2.36. The number of rotatable bonds is 5. The van der Waals surface area contributed by atoms with E-state index in [9.17, 15) is 4.79 Å². The predicted molar refractivity (Wildman–Crippen MR) is 97.0 cm³/mol. The molecule has 0 aliphatic heterocycles. The summed E-state index contributed by atoms with van der Waals surface area (Å²) in [5, 5.41) is 3.23. The zero-order valence-electron chi connectivity index (χ0n) is 15.1. The highest BCUT2D eigenvalue weighted by molar-refractivity contribution is 5.92. The molecule has 1 aromatic heterocycles. The molecule has 0 unspecified atom stereocenters. The summed E-state index contributed by atoms with van der Waals surface area (Å²) in [5.41, 5.74) is 2.14. The van der Waals surface area contributed by atoms with Gasteiger partial charge in [-0.1, -0.05) is 30.3 Å². The molecular formula is C19H26N4O. The molecule has 0 atom stereocenters. The third kappa shape index (κ3) is 5.05. The SMILES string of the molecule is CCN(Cc1ccccc1)C(=O)c1cc(C)nc(NC(C)(C)C)n1. The first kappa shape index (κ1) is 17.9. The molecule has 0 bridgehead atoms. The van der Waals surface area contributed by atoms with Crippen LogP contribution in [0.25, 0.3) is 0 Å². The van der Waals surface area contributed by atoms with Gasteiger partial charge < -0.3 is 10.2 Å². The van der Waals surface area contributed by atoms with Gasteiger partial charge in [0, 0.05) is 24.3 Å². The average molecular weight is 326 g/mol. The van der Waals surface area contributed by atoms with Gasteiger partial charge in [0.2, 0.25) is 5.95 Å². The maximum Gasteiger partial charge on any atom is 0.272 e. The lowest BCUT2D eigenvalue weighted by Gasteiger charge is -2.23. The van der Waals surface area contributed by atoms with Crippen LogP contribution in [0.4, 0.5) is 5.95 Å². The largest absolute Gasteiger partial charge is 0.350 e. The molecule has 0 radical (unpaired) electrons. The Morgan fingerprint density at radius 2 is 1.83 bits per heavy atom. The monoisotopic (exact) mass is 326 g/mol. The summed E-state index contributed by atoms with van der Waals surface area (Å²) in [6.45, 7) is 11.2. The van der Waals surface area contributed by atoms with E-state index in [1.807, 2.05) is 65.0 Å². The van der Waals surface area contributed by atoms with E-state index in [2.05, 4.69) is 15.3 Å². The highest BCUT2D eigenvalue weighted by atomic mass is 16.2. The number of carbonyl (C=O) groups excluding carboxylic acids is 1. The molecule has 0 aliphatic rings. The van der Waals surface area contributed by atoms with Crippen LogP contribution < -0.4 is 5.32 Å². The van der Waals surface area contributed by atoms with Crippen LogP contribution >= 0.6 is 0 Å². The Hall–Kier alpha value is -2.43. The highest BCUT2D eigenvalue weighted by Gasteiger charge is 2.19. The van der Waals surface area contributed by atoms with E-state index < -0.39 is 0 Å². The third-order valence-electron chi connectivity index (χ3n) is 3.45. The fraction of sp³-hybridized carbons (Fsp3) is 0.421. The van der Waals surface area contributed by atoms with Crippen LogP contribution in [0.2, 0.25) is 0 Å². The van der Waals surface area contributed by atoms with E-state index in [0.717, 1.165) is 11.3 Å². The van der Waals surface area contributed by atoms with Gasteiger partial charge >= 0.3 is 0 Å². The van der Waals surface area contributed by atoms with Crippen molar-refractivity contribution in [1.29, 1.82) is 0 Å². The van der Waals surface area contributed by atoms with Gasteiger partial charge in [0.15, 0.2) is 0 Å². The Balaban J connectivity index is 2.23. The van der Waals surface area contributed by atoms with E-state index in [1.165, 1.54) is 0 Å². The smallest absolute Gasteiger partial charge is 0.272 e. The van der Waals surface area contributed by atoms with Crippen molar-refractivity contribution in [3.05, 3.63) is 53.3 Å². The Morgan fingerprint density at radius 1 is 1.17 bits per heavy atom. The summed E-state index contributed by atoms with van der Waals surface area (Å²) < 4.78 is 0. The molecule has 2 aromatic rings. The van der Waals surface area contributed by atoms with Gasteiger partial charge in [-0.05, 0) is 46.2 Å². The summed E-state index contributed by atoms with van der Waals surface area (Å²) in [6, 6.07) is 11.7. The molecular weight excluding hydrogens is 300 g/mol. The standard InChI is InChI=1S/C19H26N4O/c1-6-23(13-15-10-8-7-9-11-15)17(24)16-12-14(2)20-18(21-16)22-19(3,4)5/h7-12H,6,13H2,1-5H3,(H,20,21,22). The van der Waals surface area contributed by atoms with E-state index >= 15 is 0 Å². The van der Waals surface area contributed by atoms with E-state index in [1.54, 1.807) is 11.0 Å². The average Bonchev–Trinajstić information content (AvgIpc) is 2.50. The Labute approximate surface area is 144 Å². The maximum atomic E-state index is 12.9. The number of amides is 1. The first-order valence-electron chi connectivity index (χ1n) is 8.25. The highest BCUT2D eigenvalue weighted by Crippen LogP contribution is 2.14. The number of anilines is 1. The molecule has 24 heavy (non-hydrogen) atoms. The fourth-order valence-corrected chi connectivity index (χ4v) is 2.36. The molecule has 0 fully saturated rings. The van der Waals surface area contributed by atoms with Crippen molar-refractivity contribution < 1.29 is 4.79 Å². The van der Waals surface area contributed by atoms with Gasteiger partial charge in [0.05, 0.1) is 0 Å². The molecule has 0 spiro atoms. The number of nitrogens with one attached hydrogen (secondary N) is 1. The molecule has 1 aromatic carbocycles. The van der Waals surface area contributed by atoms with Crippen LogP contribution in [-0.2, 0) is 6.54 Å². The Morgan fingerprint density at radius 3 is 2.42 bits per heavy atom. The number of benzene rings is 1. The van der Waals surface area contributed by atoms with Crippen LogP contribution in [0.15, 0.2) is 36.4 Å². The normalized spacial score (nSPS) is 11.2. The van der Waals surface area contributed by atoms with Gasteiger partial charge in [0.1, 0.15) is 5.69 Å². The lowest BCUT2D eigenvalue weighted by atomic mass is 10.1. The molecule has 0 saturated carbocycles. The number of aromatic nitrogens is 2. The van der Waals surface area contributed by atoms with Crippen molar-refractivity contribution in [3.8, 4) is 0 Å². The summed E-state index contributed by atoms with van der Waals surface area (Å²) in [6.07, 6.45) is 0. The number of carbonyl (C=O) groups is 1. The molecule has 1 heterocycles. The lowest BCUT2D eigenvalue weighted by Crippen LogP contribution is -2.32. The molecule has 0 saturated heterocycles. The van der Waals surface area contributed by atoms with Crippen molar-refractivity contribution in [1.82, 2.24) is 14.9 Å². The van der Waals surface area contributed by atoms with E-state index in [4.69, 9.17) is 0 Å². The van der Waals surface area contributed by atoms with Crippen molar-refractivity contribution in [2.75, 3.05) is 11.9 Å². The van der Waals surface area contributed by atoms with Gasteiger partial charge in [0.25, 0.3) is 5.91 Å². The second-order valence-electron chi connectivity index (χ2n) is 6.90. The van der Waals surface area contributed by atoms with Gasteiger partial charge in [-0.15, -0.1) is 0 Å². The molecule has 128 valence electrons. The molecule has 2 rings (SSSR count). The minimum Gasteiger partial charge on any atom is -0.350 e. The van der Waals surface area contributed by atoms with Gasteiger partial charge in [-0.25, -0.2) is 9.97 Å². The van der Waals surface area contributed by atoms with Crippen LogP contribution in [0, 0.1) is 6.92 Å². The first-order chi connectivity index (χ1) is 11.3. The Kier molecular flexibility index (Phi) is 5.54. The Bertz CT molecular complexity index is 692. The van der Waals surface area contributed by atoms with Crippen molar-refractivity contribution in [2.24, 2.45) is 0 Å². The summed E-state index contributed by atoms with van der Waals surface area (Å²) in [4.78, 5) is 23.4. The molecule has 5 nitrogen and oxygen atoms in total. The van der Waals surface area contributed by atoms with E-state index in [-0.39, 0.29) is 11.4 Å². The summed E-state index contributed by atoms with van der Waals surface area (Å²) in [5.74, 6) is 0.408. The third-order valence-corrected chi connectivity index (χ3v) is 3.45. The molecule has 1 amide bonds. The second-order valence-corrected chi connectivity index (χ2v) is 6.90. The predicted octanol–water partition coefficient (Wildman–Crippen LogP) is 3.66. The second kappa shape index (κ2) is 7.43. The van der Waals surface area contributed by atoms with E-state index in [0.29, 0.717) is 24.7 Å². The number of nitrogens with zero attached hydrogens (tertiary/aromatic N) is 3. The van der Waals surface area contributed by atoms with Gasteiger partial charge in [-0.3, -0.25) is 4.79 Å². The molecule has 0 aliphatic carbocycles. The number of aryl methyl sites for hydroxylation is 1. The zero-order chi connectivity index (χ0) is 17.7. The van der Waals surface area contributed by atoms with Crippen molar-refractivity contribution in [2.45, 2.75) is 46.7 Å². The topological polar surface area (TPSA) is 58.1 Å². The van der Waals surface area contributed by atoms with Crippen LogP contribution in [-0.4, -0.2) is 32.9 Å². The minimum absolute atomic E-state index is 0.0798. The van der Waals surface area contributed by atoms with Gasteiger partial charge in [-0.2, -0.15) is 0 Å². The van der Waals surface area contributed by atoms with Crippen LogP contribution in [0.3, 0.4) is 0 Å². The van der Waals surface area contributed by atoms with Crippen LogP contribution in [0.5, 0.6) is 0 Å². The summed E-state index contributed by atoms with van der Waals surface area (Å²) in [7, 11) is 0. The lowest BCUT2D eigenvalue weighted by molar-refractivity contribution is 0.0746. The quantitative estimate of drug-likeness (QED) is 0.911. The maximum absolute atomic E-state index is 12.9. The first-order valence-corrected chi connectivity index (χ1v) is 8.25. The number of hydrogen-bond donors (Lipinski definition) is 1. The number of hydrogen-bond acceptors (Lipinski definition) is 4. The van der Waals surface area contributed by atoms with Crippen LogP contribution in [0.1, 0.15) is 49.4 Å².